The first-order valence-electron chi connectivity index (χ1n) is 7.26. The Morgan fingerprint density at radius 3 is 2.70 bits per heavy atom. The molecule has 7 nitrogen and oxygen atoms in total. The molecular weight excluding hydrogens is 292 g/mol. The molecule has 3 aromatic rings. The largest absolute Gasteiger partial charge is 0.346 e. The van der Waals surface area contributed by atoms with Gasteiger partial charge in [-0.25, -0.2) is 0 Å². The number of tetrazole rings is 1. The number of carbonyl (C=O) groups is 1. The van der Waals surface area contributed by atoms with Crippen LogP contribution in [0.15, 0.2) is 54.7 Å². The SMILES string of the molecule is C[C@@H](NC(=O)Cn1nnc(-c2ccccc2)n1)c1ccccn1. The van der Waals surface area contributed by atoms with Crippen molar-refractivity contribution in [3.05, 3.63) is 60.4 Å². The molecule has 1 amide bonds. The number of benzene rings is 1. The van der Waals surface area contributed by atoms with E-state index in [2.05, 4.69) is 25.7 Å². The van der Waals surface area contributed by atoms with Gasteiger partial charge < -0.3 is 5.32 Å². The number of nitrogens with one attached hydrogen (secondary N) is 1. The van der Waals surface area contributed by atoms with Crippen molar-refractivity contribution in [1.82, 2.24) is 30.5 Å². The molecule has 0 aliphatic carbocycles. The lowest BCUT2D eigenvalue weighted by Gasteiger charge is -2.12. The maximum Gasteiger partial charge on any atom is 0.244 e. The summed E-state index contributed by atoms with van der Waals surface area (Å²) in [5.41, 5.74) is 1.67. The van der Waals surface area contributed by atoms with Crippen LogP contribution in [0.4, 0.5) is 0 Å². The van der Waals surface area contributed by atoms with Crippen LogP contribution < -0.4 is 5.32 Å². The molecule has 7 heteroatoms. The fourth-order valence-electron chi connectivity index (χ4n) is 2.13. The second-order valence-electron chi connectivity index (χ2n) is 5.05. The minimum Gasteiger partial charge on any atom is -0.346 e. The smallest absolute Gasteiger partial charge is 0.244 e. The van der Waals surface area contributed by atoms with Crippen molar-refractivity contribution in [3.8, 4) is 11.4 Å². The van der Waals surface area contributed by atoms with E-state index in [1.54, 1.807) is 6.20 Å². The van der Waals surface area contributed by atoms with Gasteiger partial charge in [-0.3, -0.25) is 9.78 Å². The van der Waals surface area contributed by atoms with Crippen LogP contribution in [-0.4, -0.2) is 31.1 Å². The van der Waals surface area contributed by atoms with Crippen molar-refractivity contribution in [1.29, 1.82) is 0 Å². The average Bonchev–Trinajstić information content (AvgIpc) is 3.04. The first-order valence-corrected chi connectivity index (χ1v) is 7.26. The molecule has 23 heavy (non-hydrogen) atoms. The highest BCUT2D eigenvalue weighted by Gasteiger charge is 2.13. The highest BCUT2D eigenvalue weighted by atomic mass is 16.2. The molecule has 0 saturated carbocycles. The highest BCUT2D eigenvalue weighted by molar-refractivity contribution is 5.75. The Kier molecular flexibility index (Phi) is 4.37. The lowest BCUT2D eigenvalue weighted by Crippen LogP contribution is -2.31. The van der Waals surface area contributed by atoms with Crippen LogP contribution in [0.2, 0.25) is 0 Å². The Morgan fingerprint density at radius 1 is 1.17 bits per heavy atom. The van der Waals surface area contributed by atoms with Crippen molar-refractivity contribution in [2.24, 2.45) is 0 Å². The summed E-state index contributed by atoms with van der Waals surface area (Å²) in [5.74, 6) is 0.302. The molecule has 2 aromatic heterocycles. The normalized spacial score (nSPS) is 11.9. The number of rotatable bonds is 5. The van der Waals surface area contributed by atoms with Crippen LogP contribution in [0, 0.1) is 0 Å². The van der Waals surface area contributed by atoms with E-state index >= 15 is 0 Å². The molecule has 0 fully saturated rings. The molecule has 0 bridgehead atoms. The predicted octanol–water partition coefficient (Wildman–Crippen LogP) is 1.61. The molecule has 3 rings (SSSR count). The van der Waals surface area contributed by atoms with Crippen LogP contribution >= 0.6 is 0 Å². The van der Waals surface area contributed by atoms with Gasteiger partial charge in [-0.05, 0) is 24.3 Å². The highest BCUT2D eigenvalue weighted by Crippen LogP contribution is 2.12. The zero-order valence-electron chi connectivity index (χ0n) is 12.6. The third kappa shape index (κ3) is 3.76. The van der Waals surface area contributed by atoms with Crippen LogP contribution in [0.3, 0.4) is 0 Å². The lowest BCUT2D eigenvalue weighted by molar-refractivity contribution is -0.122. The monoisotopic (exact) mass is 308 g/mol. The van der Waals surface area contributed by atoms with Gasteiger partial charge in [0, 0.05) is 11.8 Å². The third-order valence-corrected chi connectivity index (χ3v) is 3.28. The van der Waals surface area contributed by atoms with Gasteiger partial charge in [-0.15, -0.1) is 10.2 Å². The molecule has 0 radical (unpaired) electrons. The number of hydrogen-bond acceptors (Lipinski definition) is 5. The van der Waals surface area contributed by atoms with E-state index < -0.39 is 0 Å². The van der Waals surface area contributed by atoms with Crippen molar-refractivity contribution in [2.45, 2.75) is 19.5 Å². The molecule has 1 atom stereocenters. The number of nitrogens with zero attached hydrogens (tertiary/aromatic N) is 5. The van der Waals surface area contributed by atoms with Gasteiger partial charge in [-0.2, -0.15) is 4.80 Å². The molecule has 0 aliphatic heterocycles. The quantitative estimate of drug-likeness (QED) is 0.774. The summed E-state index contributed by atoms with van der Waals surface area (Å²) >= 11 is 0. The number of pyridine rings is 1. The Labute approximate surface area is 133 Å². The summed E-state index contributed by atoms with van der Waals surface area (Å²) in [7, 11) is 0. The van der Waals surface area contributed by atoms with E-state index in [4.69, 9.17) is 0 Å². The van der Waals surface area contributed by atoms with Crippen molar-refractivity contribution >= 4 is 5.91 Å². The van der Waals surface area contributed by atoms with Gasteiger partial charge in [0.25, 0.3) is 0 Å². The standard InChI is InChI=1S/C16H16N6O/c1-12(14-9-5-6-10-17-14)18-15(23)11-22-20-16(19-21-22)13-7-3-2-4-8-13/h2-10,12H,11H2,1H3,(H,18,23)/t12-/m1/s1. The molecule has 1 aromatic carbocycles. The maximum absolute atomic E-state index is 12.1. The van der Waals surface area contributed by atoms with Crippen molar-refractivity contribution < 1.29 is 4.79 Å². The van der Waals surface area contributed by atoms with Gasteiger partial charge in [-0.1, -0.05) is 36.4 Å². The summed E-state index contributed by atoms with van der Waals surface area (Å²) in [6, 6.07) is 14.9. The van der Waals surface area contributed by atoms with Gasteiger partial charge >= 0.3 is 0 Å². The third-order valence-electron chi connectivity index (χ3n) is 3.28. The Balaban J connectivity index is 1.61. The van der Waals surface area contributed by atoms with Gasteiger partial charge in [0.05, 0.1) is 11.7 Å². The second-order valence-corrected chi connectivity index (χ2v) is 5.05. The average molecular weight is 308 g/mol. The van der Waals surface area contributed by atoms with Crippen molar-refractivity contribution in [2.75, 3.05) is 0 Å². The second kappa shape index (κ2) is 6.78. The van der Waals surface area contributed by atoms with Crippen LogP contribution in [0.1, 0.15) is 18.7 Å². The van der Waals surface area contributed by atoms with E-state index in [0.29, 0.717) is 5.82 Å². The van der Waals surface area contributed by atoms with Gasteiger partial charge in [0.2, 0.25) is 11.7 Å². The first-order chi connectivity index (χ1) is 11.2. The minimum absolute atomic E-state index is 0.0109. The fraction of sp³-hybridized carbons (Fsp3) is 0.188. The Hall–Kier alpha value is -3.09. The van der Waals surface area contributed by atoms with Gasteiger partial charge in [0.1, 0.15) is 6.54 Å². The molecule has 0 aliphatic rings. The molecule has 1 N–H and O–H groups in total. The van der Waals surface area contributed by atoms with Crippen molar-refractivity contribution in [3.63, 3.8) is 0 Å². The number of aromatic nitrogens is 5. The van der Waals surface area contributed by atoms with Crippen LogP contribution in [0.5, 0.6) is 0 Å². The van der Waals surface area contributed by atoms with Crippen LogP contribution in [-0.2, 0) is 11.3 Å². The zero-order valence-corrected chi connectivity index (χ0v) is 12.6. The van der Waals surface area contributed by atoms with Crippen LogP contribution in [0.25, 0.3) is 11.4 Å². The number of hydrogen-bond donors (Lipinski definition) is 1. The molecule has 0 unspecified atom stereocenters. The lowest BCUT2D eigenvalue weighted by atomic mass is 10.2. The summed E-state index contributed by atoms with van der Waals surface area (Å²) in [5, 5.41) is 15.0. The van der Waals surface area contributed by atoms with E-state index in [0.717, 1.165) is 11.3 Å². The molecule has 116 valence electrons. The predicted molar refractivity (Wildman–Crippen MR) is 84.0 cm³/mol. The molecular formula is C16H16N6O. The topological polar surface area (TPSA) is 85.6 Å². The Bertz CT molecular complexity index is 772. The molecule has 0 spiro atoms. The summed E-state index contributed by atoms with van der Waals surface area (Å²) in [4.78, 5) is 17.6. The number of carbonyl (C=O) groups excluding carboxylic acids is 1. The van der Waals surface area contributed by atoms with Gasteiger partial charge in [0.15, 0.2) is 0 Å². The minimum atomic E-state index is -0.194. The Morgan fingerprint density at radius 2 is 1.96 bits per heavy atom. The summed E-state index contributed by atoms with van der Waals surface area (Å²) in [6.45, 7) is 1.89. The number of amides is 1. The van der Waals surface area contributed by atoms with E-state index in [1.807, 2.05) is 55.5 Å². The summed E-state index contributed by atoms with van der Waals surface area (Å²) in [6.07, 6.45) is 1.70. The molecule has 0 saturated heterocycles. The summed E-state index contributed by atoms with van der Waals surface area (Å²) < 4.78 is 0. The zero-order chi connectivity index (χ0) is 16.1. The van der Waals surface area contributed by atoms with E-state index in [1.165, 1.54) is 4.80 Å². The first kappa shape index (κ1) is 14.8. The van der Waals surface area contributed by atoms with E-state index in [9.17, 15) is 4.79 Å². The van der Waals surface area contributed by atoms with E-state index in [-0.39, 0.29) is 18.5 Å². The molecule has 2 heterocycles. The fourth-order valence-corrected chi connectivity index (χ4v) is 2.13. The maximum atomic E-state index is 12.1.